The summed E-state index contributed by atoms with van der Waals surface area (Å²) in [5.74, 6) is 0. The molecule has 106 valence electrons. The van der Waals surface area contributed by atoms with E-state index in [1.807, 2.05) is 18.2 Å². The van der Waals surface area contributed by atoms with Crippen molar-refractivity contribution in [3.63, 3.8) is 0 Å². The van der Waals surface area contributed by atoms with Gasteiger partial charge in [-0.3, -0.25) is 0 Å². The molecule has 1 N–H and O–H groups in total. The van der Waals surface area contributed by atoms with Crippen molar-refractivity contribution >= 4 is 11.6 Å². The summed E-state index contributed by atoms with van der Waals surface area (Å²) in [6.45, 7) is 5.52. The smallest absolute Gasteiger partial charge is 0.0412 e. The highest BCUT2D eigenvalue weighted by atomic mass is 35.5. The van der Waals surface area contributed by atoms with Gasteiger partial charge in [0.25, 0.3) is 0 Å². The van der Waals surface area contributed by atoms with Gasteiger partial charge < -0.3 is 5.32 Å². The maximum Gasteiger partial charge on any atom is 0.0412 e. The number of hydrogen-bond donors (Lipinski definition) is 1. The van der Waals surface area contributed by atoms with Crippen molar-refractivity contribution in [1.82, 2.24) is 5.32 Å². The second kappa shape index (κ2) is 7.47. The molecule has 20 heavy (non-hydrogen) atoms. The lowest BCUT2D eigenvalue weighted by Gasteiger charge is -2.13. The average Bonchev–Trinajstić information content (AvgIpc) is 2.46. The van der Waals surface area contributed by atoms with E-state index in [0.717, 1.165) is 18.0 Å². The fourth-order valence-corrected chi connectivity index (χ4v) is 2.51. The van der Waals surface area contributed by atoms with E-state index in [4.69, 9.17) is 11.6 Å². The second-order valence-electron chi connectivity index (χ2n) is 5.27. The minimum absolute atomic E-state index is 0.520. The zero-order valence-electron chi connectivity index (χ0n) is 12.2. The van der Waals surface area contributed by atoms with Crippen LogP contribution in [0.25, 0.3) is 11.1 Å². The van der Waals surface area contributed by atoms with Gasteiger partial charge in [-0.25, -0.2) is 0 Å². The fourth-order valence-electron chi connectivity index (χ4n) is 2.32. The Hall–Kier alpha value is -1.31. The summed E-state index contributed by atoms with van der Waals surface area (Å²) in [6.07, 6.45) is 2.24. The molecule has 0 aliphatic carbocycles. The summed E-state index contributed by atoms with van der Waals surface area (Å²) in [6, 6.07) is 17.3. The Kier molecular flexibility index (Phi) is 5.63. The molecule has 0 radical (unpaired) electrons. The zero-order valence-corrected chi connectivity index (χ0v) is 13.0. The predicted molar refractivity (Wildman–Crippen MR) is 88.3 cm³/mol. The van der Waals surface area contributed by atoms with Crippen molar-refractivity contribution < 1.29 is 0 Å². The number of halogens is 1. The summed E-state index contributed by atoms with van der Waals surface area (Å²) < 4.78 is 0. The standard InChI is InChI=1S/C18H22ClN/c1-3-11-20-14(2)12-15-7-9-16(10-8-15)17-5-4-6-18(19)13-17/h4-10,13-14,20H,3,11-12H2,1-2H3. The number of benzene rings is 2. The van der Waals surface area contributed by atoms with Crippen LogP contribution in [0, 0.1) is 0 Å². The molecule has 1 unspecified atom stereocenters. The topological polar surface area (TPSA) is 12.0 Å². The van der Waals surface area contributed by atoms with Crippen LogP contribution in [0.5, 0.6) is 0 Å². The minimum Gasteiger partial charge on any atom is -0.314 e. The van der Waals surface area contributed by atoms with E-state index in [-0.39, 0.29) is 0 Å². The average molecular weight is 288 g/mol. The third kappa shape index (κ3) is 4.36. The van der Waals surface area contributed by atoms with Gasteiger partial charge in [0, 0.05) is 11.1 Å². The molecule has 1 nitrogen and oxygen atoms in total. The normalized spacial score (nSPS) is 12.3. The van der Waals surface area contributed by atoms with Gasteiger partial charge in [0.2, 0.25) is 0 Å². The molecule has 0 aromatic heterocycles. The SMILES string of the molecule is CCCNC(C)Cc1ccc(-c2cccc(Cl)c2)cc1. The van der Waals surface area contributed by atoms with Crippen LogP contribution < -0.4 is 5.32 Å². The highest BCUT2D eigenvalue weighted by molar-refractivity contribution is 6.30. The van der Waals surface area contributed by atoms with Gasteiger partial charge in [0.15, 0.2) is 0 Å². The van der Waals surface area contributed by atoms with Crippen molar-refractivity contribution in [1.29, 1.82) is 0 Å². The molecule has 1 atom stereocenters. The van der Waals surface area contributed by atoms with Gasteiger partial charge in [-0.1, -0.05) is 54.9 Å². The summed E-state index contributed by atoms with van der Waals surface area (Å²) >= 11 is 6.04. The first kappa shape index (κ1) is 15.1. The third-order valence-corrected chi connectivity index (χ3v) is 3.63. The molecule has 0 amide bonds. The minimum atomic E-state index is 0.520. The Labute approximate surface area is 127 Å². The number of rotatable bonds is 6. The highest BCUT2D eigenvalue weighted by Gasteiger charge is 2.03. The predicted octanol–water partition coefficient (Wildman–Crippen LogP) is 4.94. The first-order valence-electron chi connectivity index (χ1n) is 7.27. The quantitative estimate of drug-likeness (QED) is 0.794. The maximum absolute atomic E-state index is 6.04. The van der Waals surface area contributed by atoms with E-state index in [0.29, 0.717) is 6.04 Å². The lowest BCUT2D eigenvalue weighted by Crippen LogP contribution is -2.28. The summed E-state index contributed by atoms with van der Waals surface area (Å²) in [4.78, 5) is 0. The Bertz CT molecular complexity index is 533. The van der Waals surface area contributed by atoms with Gasteiger partial charge in [-0.2, -0.15) is 0 Å². The van der Waals surface area contributed by atoms with Gasteiger partial charge in [0.1, 0.15) is 0 Å². The van der Waals surface area contributed by atoms with Crippen LogP contribution in [0.3, 0.4) is 0 Å². The van der Waals surface area contributed by atoms with Crippen LogP contribution in [-0.4, -0.2) is 12.6 Å². The molecule has 2 heteroatoms. The van der Waals surface area contributed by atoms with Crippen LogP contribution in [0.4, 0.5) is 0 Å². The van der Waals surface area contributed by atoms with Crippen LogP contribution in [-0.2, 0) is 6.42 Å². The van der Waals surface area contributed by atoms with E-state index in [9.17, 15) is 0 Å². The Balaban J connectivity index is 2.03. The number of hydrogen-bond acceptors (Lipinski definition) is 1. The first-order chi connectivity index (χ1) is 9.69. The first-order valence-corrected chi connectivity index (χ1v) is 7.65. The molecule has 0 fully saturated rings. The van der Waals surface area contributed by atoms with Crippen molar-refractivity contribution in [2.45, 2.75) is 32.7 Å². The summed E-state index contributed by atoms with van der Waals surface area (Å²) in [5.41, 5.74) is 3.75. The van der Waals surface area contributed by atoms with Gasteiger partial charge >= 0.3 is 0 Å². The van der Waals surface area contributed by atoms with E-state index >= 15 is 0 Å². The molecule has 0 spiro atoms. The van der Waals surface area contributed by atoms with Crippen LogP contribution in [0.15, 0.2) is 48.5 Å². The lowest BCUT2D eigenvalue weighted by atomic mass is 10.0. The van der Waals surface area contributed by atoms with Crippen LogP contribution in [0.1, 0.15) is 25.8 Å². The largest absolute Gasteiger partial charge is 0.314 e. The van der Waals surface area contributed by atoms with Gasteiger partial charge in [0.05, 0.1) is 0 Å². The zero-order chi connectivity index (χ0) is 14.4. The highest BCUT2D eigenvalue weighted by Crippen LogP contribution is 2.23. The maximum atomic E-state index is 6.04. The lowest BCUT2D eigenvalue weighted by molar-refractivity contribution is 0.543. The van der Waals surface area contributed by atoms with E-state index in [1.54, 1.807) is 0 Å². The Morgan fingerprint density at radius 1 is 1.05 bits per heavy atom. The molecule has 2 aromatic carbocycles. The molecule has 2 rings (SSSR count). The fraction of sp³-hybridized carbons (Fsp3) is 0.333. The third-order valence-electron chi connectivity index (χ3n) is 3.40. The molecular weight excluding hydrogens is 266 g/mol. The Morgan fingerprint density at radius 3 is 2.45 bits per heavy atom. The number of nitrogens with one attached hydrogen (secondary N) is 1. The van der Waals surface area contributed by atoms with Gasteiger partial charge in [-0.05, 0) is 55.1 Å². The molecule has 0 heterocycles. The molecule has 0 aliphatic rings. The summed E-state index contributed by atoms with van der Waals surface area (Å²) in [7, 11) is 0. The van der Waals surface area contributed by atoms with Crippen LogP contribution >= 0.6 is 11.6 Å². The molecule has 0 bridgehead atoms. The van der Waals surface area contributed by atoms with E-state index < -0.39 is 0 Å². The molecule has 2 aromatic rings. The van der Waals surface area contributed by atoms with Gasteiger partial charge in [-0.15, -0.1) is 0 Å². The molecular formula is C18H22ClN. The molecule has 0 saturated carbocycles. The van der Waals surface area contributed by atoms with E-state index in [2.05, 4.69) is 49.5 Å². The summed E-state index contributed by atoms with van der Waals surface area (Å²) in [5, 5.41) is 4.30. The second-order valence-corrected chi connectivity index (χ2v) is 5.70. The van der Waals surface area contributed by atoms with Crippen molar-refractivity contribution in [2.75, 3.05) is 6.54 Å². The molecule has 0 saturated heterocycles. The van der Waals surface area contributed by atoms with Crippen molar-refractivity contribution in [3.8, 4) is 11.1 Å². The van der Waals surface area contributed by atoms with Crippen molar-refractivity contribution in [2.24, 2.45) is 0 Å². The Morgan fingerprint density at radius 2 is 1.80 bits per heavy atom. The van der Waals surface area contributed by atoms with Crippen molar-refractivity contribution in [3.05, 3.63) is 59.1 Å². The monoisotopic (exact) mass is 287 g/mol. The molecule has 0 aliphatic heterocycles. The van der Waals surface area contributed by atoms with Crippen LogP contribution in [0.2, 0.25) is 5.02 Å². The van der Waals surface area contributed by atoms with E-state index in [1.165, 1.54) is 23.1 Å².